The third kappa shape index (κ3) is 7.77. The molecule has 0 amide bonds. The van der Waals surface area contributed by atoms with Gasteiger partial charge in [-0.2, -0.15) is 0 Å². The van der Waals surface area contributed by atoms with Crippen molar-refractivity contribution in [2.45, 2.75) is 26.2 Å². The molecular weight excluding hydrogens is 304 g/mol. The van der Waals surface area contributed by atoms with Crippen LogP contribution in [0.3, 0.4) is 0 Å². The van der Waals surface area contributed by atoms with Crippen LogP contribution in [0.15, 0.2) is 49.1 Å². The molecule has 0 heterocycles. The zero-order chi connectivity index (χ0) is 15.1. The van der Waals surface area contributed by atoms with Crippen LogP contribution in [0.4, 0.5) is 0 Å². The maximum absolute atomic E-state index is 6.03. The molecular formula is C12H26O3Si4. The van der Waals surface area contributed by atoms with Gasteiger partial charge in [0.25, 0.3) is 0 Å². The molecule has 108 valence electrons. The predicted octanol–water partition coefficient (Wildman–Crippen LogP) is 2.79. The molecule has 7 heteroatoms. The van der Waals surface area contributed by atoms with Gasteiger partial charge >= 0.3 is 18.6 Å². The van der Waals surface area contributed by atoms with Gasteiger partial charge in [0.15, 0.2) is 16.6 Å². The fraction of sp³-hybridized carbons (Fsp3) is 0.333. The van der Waals surface area contributed by atoms with Crippen molar-refractivity contribution in [3.8, 4) is 0 Å². The van der Waals surface area contributed by atoms with E-state index in [0.717, 1.165) is 0 Å². The monoisotopic (exact) mass is 330 g/mol. The predicted molar refractivity (Wildman–Crippen MR) is 93.3 cm³/mol. The van der Waals surface area contributed by atoms with Crippen molar-refractivity contribution in [3.05, 3.63) is 49.1 Å². The van der Waals surface area contributed by atoms with Gasteiger partial charge in [0.1, 0.15) is 0 Å². The fourth-order valence-corrected chi connectivity index (χ4v) is 10.8. The van der Waals surface area contributed by atoms with E-state index in [4.69, 9.17) is 12.3 Å². The van der Waals surface area contributed by atoms with Crippen LogP contribution in [-0.4, -0.2) is 35.2 Å². The smallest absolute Gasteiger partial charge is 0.328 e. The standard InChI is InChI=1S/C12H26O3Si4/c1-9-16(14-18(5,6)11-3)13-17(10-2)15-19(7,8)12-4/h9-12,16-17H,1-4H2,5-8H3. The van der Waals surface area contributed by atoms with Crippen molar-refractivity contribution in [3.63, 3.8) is 0 Å². The van der Waals surface area contributed by atoms with E-state index < -0.39 is 35.2 Å². The second-order valence-corrected chi connectivity index (χ2v) is 17.8. The third-order valence-electron chi connectivity index (χ3n) is 2.48. The van der Waals surface area contributed by atoms with Gasteiger partial charge in [-0.3, -0.25) is 0 Å². The second kappa shape index (κ2) is 8.10. The Morgan fingerprint density at radius 3 is 1.26 bits per heavy atom. The maximum Gasteiger partial charge on any atom is 0.328 e. The van der Waals surface area contributed by atoms with E-state index in [0.29, 0.717) is 0 Å². The first-order valence-electron chi connectivity index (χ1n) is 6.23. The Morgan fingerprint density at radius 2 is 1.05 bits per heavy atom. The van der Waals surface area contributed by atoms with Crippen LogP contribution < -0.4 is 0 Å². The number of hydrogen-bond acceptors (Lipinski definition) is 3. The van der Waals surface area contributed by atoms with Gasteiger partial charge < -0.3 is 12.3 Å². The van der Waals surface area contributed by atoms with Crippen molar-refractivity contribution in [1.82, 2.24) is 0 Å². The van der Waals surface area contributed by atoms with Gasteiger partial charge in [-0.1, -0.05) is 22.8 Å². The lowest BCUT2D eigenvalue weighted by atomic mass is 11.3. The van der Waals surface area contributed by atoms with Gasteiger partial charge in [-0.25, -0.2) is 0 Å². The van der Waals surface area contributed by atoms with Crippen LogP contribution in [0.5, 0.6) is 0 Å². The number of rotatable bonds is 10. The van der Waals surface area contributed by atoms with E-state index in [2.05, 4.69) is 52.5 Å². The first kappa shape index (κ1) is 18.7. The summed E-state index contributed by atoms with van der Waals surface area (Å²) in [5, 5.41) is 0. The summed E-state index contributed by atoms with van der Waals surface area (Å²) in [7, 11) is -7.56. The Hall–Kier alpha value is -0.292. The quantitative estimate of drug-likeness (QED) is 0.577. The summed E-state index contributed by atoms with van der Waals surface area (Å²) in [6.07, 6.45) is 0. The Morgan fingerprint density at radius 1 is 0.737 bits per heavy atom. The number of hydrogen-bond donors (Lipinski definition) is 0. The Labute approximate surface area is 123 Å². The first-order chi connectivity index (χ1) is 8.69. The van der Waals surface area contributed by atoms with Gasteiger partial charge in [-0.15, -0.1) is 26.3 Å². The molecule has 0 aliphatic rings. The van der Waals surface area contributed by atoms with E-state index in [-0.39, 0.29) is 0 Å². The minimum Gasteiger partial charge on any atom is -0.432 e. The summed E-state index contributed by atoms with van der Waals surface area (Å²) in [5.41, 5.74) is 7.36. The summed E-state index contributed by atoms with van der Waals surface area (Å²) in [6, 6.07) is 0. The molecule has 0 aromatic carbocycles. The van der Waals surface area contributed by atoms with E-state index in [1.807, 2.05) is 11.4 Å². The molecule has 0 aromatic rings. The van der Waals surface area contributed by atoms with Crippen molar-refractivity contribution >= 4 is 35.2 Å². The fourth-order valence-electron chi connectivity index (χ4n) is 1.09. The van der Waals surface area contributed by atoms with E-state index >= 15 is 0 Å². The van der Waals surface area contributed by atoms with Crippen LogP contribution in [0.25, 0.3) is 0 Å². The lowest BCUT2D eigenvalue weighted by Gasteiger charge is -2.29. The molecule has 0 aliphatic heterocycles. The SMILES string of the molecule is C=C[SiH](O[SiH](C=C)O[Si](C)(C)C=C)O[Si](C)(C)C=C. The average molecular weight is 331 g/mol. The summed E-state index contributed by atoms with van der Waals surface area (Å²) in [4.78, 5) is 0. The molecule has 2 atom stereocenters. The summed E-state index contributed by atoms with van der Waals surface area (Å²) in [5.74, 6) is 0. The summed E-state index contributed by atoms with van der Waals surface area (Å²) >= 11 is 0. The molecule has 0 aliphatic carbocycles. The van der Waals surface area contributed by atoms with Crippen molar-refractivity contribution in [2.24, 2.45) is 0 Å². The molecule has 0 rings (SSSR count). The van der Waals surface area contributed by atoms with Crippen LogP contribution >= 0.6 is 0 Å². The minimum absolute atomic E-state index is 1.79. The lowest BCUT2D eigenvalue weighted by Crippen LogP contribution is -2.44. The van der Waals surface area contributed by atoms with Crippen LogP contribution in [0, 0.1) is 0 Å². The topological polar surface area (TPSA) is 27.7 Å². The maximum atomic E-state index is 6.03. The van der Waals surface area contributed by atoms with E-state index in [9.17, 15) is 0 Å². The highest BCUT2D eigenvalue weighted by molar-refractivity contribution is 6.85. The highest BCUT2D eigenvalue weighted by atomic mass is 28.5. The van der Waals surface area contributed by atoms with Gasteiger partial charge in [0.05, 0.1) is 0 Å². The molecule has 0 bridgehead atoms. The van der Waals surface area contributed by atoms with Crippen LogP contribution in [-0.2, 0) is 12.3 Å². The zero-order valence-electron chi connectivity index (χ0n) is 12.5. The highest BCUT2D eigenvalue weighted by Crippen LogP contribution is 2.13. The van der Waals surface area contributed by atoms with Crippen LogP contribution in [0.2, 0.25) is 26.2 Å². The second-order valence-electron chi connectivity index (χ2n) is 5.20. The van der Waals surface area contributed by atoms with Crippen LogP contribution in [0.1, 0.15) is 0 Å². The first-order valence-corrected chi connectivity index (χ1v) is 15.4. The van der Waals surface area contributed by atoms with Crippen molar-refractivity contribution in [2.75, 3.05) is 0 Å². The molecule has 0 fully saturated rings. The average Bonchev–Trinajstić information content (AvgIpc) is 2.36. The molecule has 2 unspecified atom stereocenters. The Bertz CT molecular complexity index is 310. The van der Waals surface area contributed by atoms with E-state index in [1.165, 1.54) is 0 Å². The zero-order valence-corrected chi connectivity index (χ0v) is 16.8. The lowest BCUT2D eigenvalue weighted by molar-refractivity contribution is 0.387. The van der Waals surface area contributed by atoms with E-state index in [1.54, 1.807) is 11.4 Å². The Kier molecular flexibility index (Phi) is 7.97. The molecule has 0 aromatic heterocycles. The molecule has 0 saturated heterocycles. The molecule has 19 heavy (non-hydrogen) atoms. The highest BCUT2D eigenvalue weighted by Gasteiger charge is 2.29. The van der Waals surface area contributed by atoms with Gasteiger partial charge in [0.2, 0.25) is 0 Å². The molecule has 0 N–H and O–H groups in total. The Balaban J connectivity index is 4.66. The van der Waals surface area contributed by atoms with Gasteiger partial charge in [0, 0.05) is 0 Å². The molecule has 0 saturated carbocycles. The molecule has 3 nitrogen and oxygen atoms in total. The molecule has 0 radical (unpaired) electrons. The van der Waals surface area contributed by atoms with Gasteiger partial charge in [-0.05, 0) is 26.2 Å². The van der Waals surface area contributed by atoms with Crippen molar-refractivity contribution < 1.29 is 12.3 Å². The minimum atomic E-state index is -1.92. The third-order valence-corrected chi connectivity index (χ3v) is 14.1. The summed E-state index contributed by atoms with van der Waals surface area (Å²) < 4.78 is 18.1. The largest absolute Gasteiger partial charge is 0.432 e. The normalized spacial score (nSPS) is 15.4. The molecule has 0 spiro atoms. The summed E-state index contributed by atoms with van der Waals surface area (Å²) in [6.45, 7) is 23.6. The van der Waals surface area contributed by atoms with Crippen molar-refractivity contribution in [1.29, 1.82) is 0 Å².